The molecule has 1 N–H and O–H groups in total. The molecule has 30 heavy (non-hydrogen) atoms. The minimum atomic E-state index is -0.261. The largest absolute Gasteiger partial charge is 0.329 e. The average Bonchev–Trinajstić information content (AvgIpc) is 3.40. The number of Topliss-reactive ketones (excluding diaryl/α,β-unsaturated/α-hetero) is 1. The van der Waals surface area contributed by atoms with Gasteiger partial charge < -0.3 is 5.32 Å². The molecule has 0 spiro atoms. The van der Waals surface area contributed by atoms with E-state index in [4.69, 9.17) is 4.98 Å². The van der Waals surface area contributed by atoms with Gasteiger partial charge in [-0.05, 0) is 53.6 Å². The van der Waals surface area contributed by atoms with Crippen molar-refractivity contribution in [1.82, 2.24) is 9.55 Å². The van der Waals surface area contributed by atoms with E-state index in [1.165, 1.54) is 12.1 Å². The minimum absolute atomic E-state index is 0.0317. The van der Waals surface area contributed by atoms with Gasteiger partial charge in [0.25, 0.3) is 0 Å². The van der Waals surface area contributed by atoms with Gasteiger partial charge in [-0.15, -0.1) is 11.3 Å². The zero-order chi connectivity index (χ0) is 20.2. The monoisotopic (exact) mass is 415 g/mol. The normalized spacial score (nSPS) is 20.8. The van der Waals surface area contributed by atoms with E-state index in [0.717, 1.165) is 38.7 Å². The summed E-state index contributed by atoms with van der Waals surface area (Å²) in [6.45, 7) is 0. The molecule has 4 nitrogen and oxygen atoms in total. The molecule has 0 fully saturated rings. The lowest BCUT2D eigenvalue weighted by Gasteiger charge is -2.35. The fourth-order valence-corrected chi connectivity index (χ4v) is 5.54. The van der Waals surface area contributed by atoms with Gasteiger partial charge in [-0.2, -0.15) is 0 Å². The summed E-state index contributed by atoms with van der Waals surface area (Å²) in [4.78, 5) is 19.4. The molecule has 2 aliphatic rings. The van der Waals surface area contributed by atoms with E-state index >= 15 is 0 Å². The highest BCUT2D eigenvalue weighted by atomic mass is 32.1. The van der Waals surface area contributed by atoms with Gasteiger partial charge in [0.2, 0.25) is 5.95 Å². The summed E-state index contributed by atoms with van der Waals surface area (Å²) in [5.41, 5.74) is 4.67. The molecule has 0 unspecified atom stereocenters. The van der Waals surface area contributed by atoms with Crippen molar-refractivity contribution in [3.8, 4) is 0 Å². The van der Waals surface area contributed by atoms with Gasteiger partial charge in [0.15, 0.2) is 5.78 Å². The summed E-state index contributed by atoms with van der Waals surface area (Å²) < 4.78 is 15.5. The van der Waals surface area contributed by atoms with E-state index in [-0.39, 0.29) is 23.6 Å². The highest BCUT2D eigenvalue weighted by Crippen LogP contribution is 2.46. The SMILES string of the molecule is O=C1C[C@@H](c2ccc(F)cc2)CC2=C1[C@@H](c1cccs1)n1c(nc3ccccc31)N2. The topological polar surface area (TPSA) is 46.9 Å². The van der Waals surface area contributed by atoms with Gasteiger partial charge in [0.05, 0.1) is 11.0 Å². The van der Waals surface area contributed by atoms with Gasteiger partial charge in [-0.25, -0.2) is 9.37 Å². The Labute approximate surface area is 176 Å². The summed E-state index contributed by atoms with van der Waals surface area (Å²) in [5, 5.41) is 5.51. The van der Waals surface area contributed by atoms with E-state index in [1.54, 1.807) is 23.5 Å². The molecular formula is C24H18FN3OS. The third-order valence-electron chi connectivity index (χ3n) is 6.05. The maximum atomic E-state index is 13.5. The third kappa shape index (κ3) is 2.64. The molecule has 1 aliphatic carbocycles. The van der Waals surface area contributed by atoms with Crippen LogP contribution in [0.4, 0.5) is 10.3 Å². The zero-order valence-corrected chi connectivity index (χ0v) is 16.8. The Morgan fingerprint density at radius 1 is 1.03 bits per heavy atom. The third-order valence-corrected chi connectivity index (χ3v) is 6.98. The van der Waals surface area contributed by atoms with Crippen LogP contribution in [0.2, 0.25) is 0 Å². The maximum Gasteiger partial charge on any atom is 0.209 e. The van der Waals surface area contributed by atoms with Crippen molar-refractivity contribution >= 4 is 34.1 Å². The molecule has 0 radical (unpaired) electrons. The molecule has 0 saturated carbocycles. The van der Waals surface area contributed by atoms with Crippen molar-refractivity contribution in [1.29, 1.82) is 0 Å². The molecule has 1 aliphatic heterocycles. The molecule has 6 rings (SSSR count). The molecule has 0 bridgehead atoms. The molecule has 6 heteroatoms. The molecule has 2 aromatic carbocycles. The Hall–Kier alpha value is -3.25. The number of fused-ring (bicyclic) bond motifs is 3. The number of anilines is 1. The molecule has 148 valence electrons. The van der Waals surface area contributed by atoms with E-state index in [9.17, 15) is 9.18 Å². The standard InChI is InChI=1S/C24H18FN3OS/c25-16-9-7-14(8-10-16)15-12-18-22(20(29)13-15)23(21-6-3-11-30-21)28-19-5-2-1-4-17(19)26-24(28)27-18/h1-11,15,23H,12-13H2,(H,26,27)/t15-,23+/m0/s1. The van der Waals surface area contributed by atoms with Crippen LogP contribution < -0.4 is 5.32 Å². The number of imidazole rings is 1. The quantitative estimate of drug-likeness (QED) is 0.460. The highest BCUT2D eigenvalue weighted by Gasteiger charge is 2.39. The summed E-state index contributed by atoms with van der Waals surface area (Å²) in [6, 6.07) is 18.5. The average molecular weight is 415 g/mol. The Morgan fingerprint density at radius 3 is 2.67 bits per heavy atom. The molecule has 2 atom stereocenters. The second kappa shape index (κ2) is 6.64. The van der Waals surface area contributed by atoms with Crippen LogP contribution in [0.25, 0.3) is 11.0 Å². The molecule has 4 aromatic rings. The summed E-state index contributed by atoms with van der Waals surface area (Å²) in [7, 11) is 0. The van der Waals surface area contributed by atoms with Crippen LogP contribution >= 0.6 is 11.3 Å². The van der Waals surface area contributed by atoms with E-state index in [1.807, 2.05) is 35.7 Å². The maximum absolute atomic E-state index is 13.5. The number of aromatic nitrogens is 2. The van der Waals surface area contributed by atoms with E-state index in [2.05, 4.69) is 16.0 Å². The first-order valence-corrected chi connectivity index (χ1v) is 10.9. The van der Waals surface area contributed by atoms with Crippen LogP contribution in [0.5, 0.6) is 0 Å². The van der Waals surface area contributed by atoms with Gasteiger partial charge in [-0.3, -0.25) is 9.36 Å². The summed E-state index contributed by atoms with van der Waals surface area (Å²) in [5.74, 6) is 0.674. The lowest BCUT2D eigenvalue weighted by atomic mass is 9.78. The summed E-state index contributed by atoms with van der Waals surface area (Å²) >= 11 is 1.66. The highest BCUT2D eigenvalue weighted by molar-refractivity contribution is 7.10. The molecular weight excluding hydrogens is 397 g/mol. The van der Waals surface area contributed by atoms with Crippen molar-refractivity contribution in [2.45, 2.75) is 24.8 Å². The number of para-hydroxylation sites is 2. The Kier molecular flexibility index (Phi) is 3.89. The van der Waals surface area contributed by atoms with Crippen LogP contribution in [0.15, 0.2) is 77.3 Å². The number of benzene rings is 2. The molecule has 3 heterocycles. The number of hydrogen-bond donors (Lipinski definition) is 1. The molecule has 0 amide bonds. The second-order valence-electron chi connectivity index (χ2n) is 7.81. The van der Waals surface area contributed by atoms with E-state index < -0.39 is 0 Å². The van der Waals surface area contributed by atoms with Gasteiger partial charge in [0, 0.05) is 22.6 Å². The Morgan fingerprint density at radius 2 is 1.87 bits per heavy atom. The first-order chi connectivity index (χ1) is 14.7. The predicted octanol–water partition coefficient (Wildman–Crippen LogP) is 5.65. The van der Waals surface area contributed by atoms with Crippen LogP contribution in [-0.2, 0) is 4.79 Å². The minimum Gasteiger partial charge on any atom is -0.329 e. The van der Waals surface area contributed by atoms with Crippen LogP contribution in [0.1, 0.15) is 35.2 Å². The zero-order valence-electron chi connectivity index (χ0n) is 16.0. The van der Waals surface area contributed by atoms with Crippen molar-refractivity contribution in [3.63, 3.8) is 0 Å². The molecule has 2 aromatic heterocycles. The van der Waals surface area contributed by atoms with E-state index in [0.29, 0.717) is 12.8 Å². The van der Waals surface area contributed by atoms with Crippen molar-refractivity contribution in [2.75, 3.05) is 5.32 Å². The number of nitrogens with zero attached hydrogens (tertiary/aromatic N) is 2. The first-order valence-electron chi connectivity index (χ1n) is 9.98. The van der Waals surface area contributed by atoms with Crippen molar-refractivity contribution < 1.29 is 9.18 Å². The smallest absolute Gasteiger partial charge is 0.209 e. The van der Waals surface area contributed by atoms with Crippen LogP contribution in [0.3, 0.4) is 0 Å². The first kappa shape index (κ1) is 17.6. The predicted molar refractivity (Wildman–Crippen MR) is 116 cm³/mol. The number of allylic oxidation sites excluding steroid dienone is 2. The lowest BCUT2D eigenvalue weighted by Crippen LogP contribution is -2.32. The number of rotatable bonds is 2. The number of ketones is 1. The Bertz CT molecular complexity index is 1300. The van der Waals surface area contributed by atoms with Crippen LogP contribution in [-0.4, -0.2) is 15.3 Å². The second-order valence-corrected chi connectivity index (χ2v) is 8.79. The van der Waals surface area contributed by atoms with Gasteiger partial charge in [0.1, 0.15) is 11.9 Å². The number of nitrogens with one attached hydrogen (secondary N) is 1. The number of thiophene rings is 1. The lowest BCUT2D eigenvalue weighted by molar-refractivity contribution is -0.116. The van der Waals surface area contributed by atoms with Crippen LogP contribution in [0, 0.1) is 5.82 Å². The number of halogens is 1. The van der Waals surface area contributed by atoms with Crippen molar-refractivity contribution in [3.05, 3.63) is 93.6 Å². The number of carbonyl (C=O) groups is 1. The van der Waals surface area contributed by atoms with Gasteiger partial charge in [-0.1, -0.05) is 30.3 Å². The molecule has 0 saturated heterocycles. The fraction of sp³-hybridized carbons (Fsp3) is 0.167. The van der Waals surface area contributed by atoms with Gasteiger partial charge >= 0.3 is 0 Å². The number of carbonyl (C=O) groups excluding carboxylic acids is 1. The summed E-state index contributed by atoms with van der Waals surface area (Å²) in [6.07, 6.45) is 1.13. The fourth-order valence-electron chi connectivity index (χ4n) is 4.71. The number of hydrogen-bond acceptors (Lipinski definition) is 4. The Balaban J connectivity index is 1.50. The van der Waals surface area contributed by atoms with Crippen molar-refractivity contribution in [2.24, 2.45) is 0 Å².